The first kappa shape index (κ1) is 15.3. The molecule has 1 aliphatic heterocycles. The third kappa shape index (κ3) is 4.19. The van der Waals surface area contributed by atoms with E-state index in [1.807, 2.05) is 0 Å². The van der Waals surface area contributed by atoms with Gasteiger partial charge in [0.2, 0.25) is 0 Å². The molecule has 0 amide bonds. The second-order valence-corrected chi connectivity index (χ2v) is 7.92. The van der Waals surface area contributed by atoms with E-state index in [4.69, 9.17) is 0 Å². The number of rotatable bonds is 5. The maximum Gasteiger partial charge on any atom is 0.0198 e. The summed E-state index contributed by atoms with van der Waals surface area (Å²) >= 11 is 0. The van der Waals surface area contributed by atoms with Gasteiger partial charge in [0.15, 0.2) is 0 Å². The van der Waals surface area contributed by atoms with Gasteiger partial charge in [-0.2, -0.15) is 0 Å². The largest absolute Gasteiger partial charge is 0.312 e. The standard InChI is InChI=1S/C17H34N2/c1-12(2)9-18-16-8-15(13(3)4)10-19(11-16)17-6-14(5)7-17/h12-18H,6-11H2,1-5H3. The van der Waals surface area contributed by atoms with Crippen LogP contribution in [-0.4, -0.2) is 36.6 Å². The van der Waals surface area contributed by atoms with E-state index < -0.39 is 0 Å². The summed E-state index contributed by atoms with van der Waals surface area (Å²) in [6, 6.07) is 1.61. The Balaban J connectivity index is 1.89. The monoisotopic (exact) mass is 266 g/mol. The summed E-state index contributed by atoms with van der Waals surface area (Å²) in [5.74, 6) is 3.43. The van der Waals surface area contributed by atoms with Crippen LogP contribution in [0.2, 0.25) is 0 Å². The molecule has 0 bridgehead atoms. The number of nitrogens with one attached hydrogen (secondary N) is 1. The van der Waals surface area contributed by atoms with Crippen LogP contribution in [0.4, 0.5) is 0 Å². The predicted octanol–water partition coefficient (Wildman–Crippen LogP) is 3.38. The lowest BCUT2D eigenvalue weighted by Crippen LogP contribution is -2.56. The zero-order valence-electron chi connectivity index (χ0n) is 13.7. The molecule has 2 nitrogen and oxygen atoms in total. The first-order chi connectivity index (χ1) is 8.95. The molecule has 2 atom stereocenters. The number of hydrogen-bond acceptors (Lipinski definition) is 2. The van der Waals surface area contributed by atoms with Gasteiger partial charge in [-0.3, -0.25) is 4.90 Å². The van der Waals surface area contributed by atoms with Gasteiger partial charge in [-0.25, -0.2) is 0 Å². The second-order valence-electron chi connectivity index (χ2n) is 7.92. The molecule has 0 aromatic carbocycles. The number of piperidine rings is 1. The van der Waals surface area contributed by atoms with Gasteiger partial charge >= 0.3 is 0 Å². The van der Waals surface area contributed by atoms with E-state index in [0.717, 1.165) is 35.8 Å². The number of nitrogens with zero attached hydrogens (tertiary/aromatic N) is 1. The van der Waals surface area contributed by atoms with Gasteiger partial charge in [0, 0.05) is 25.2 Å². The van der Waals surface area contributed by atoms with Gasteiger partial charge in [0.1, 0.15) is 0 Å². The van der Waals surface area contributed by atoms with Crippen molar-refractivity contribution in [1.29, 1.82) is 0 Å². The summed E-state index contributed by atoms with van der Waals surface area (Å²) in [6.07, 6.45) is 4.24. The quantitative estimate of drug-likeness (QED) is 0.820. The molecule has 2 rings (SSSR count). The van der Waals surface area contributed by atoms with Gasteiger partial charge in [-0.15, -0.1) is 0 Å². The van der Waals surface area contributed by atoms with Crippen molar-refractivity contribution in [3.63, 3.8) is 0 Å². The molecule has 2 fully saturated rings. The van der Waals surface area contributed by atoms with Crippen LogP contribution in [0.5, 0.6) is 0 Å². The molecule has 0 aromatic heterocycles. The summed E-state index contributed by atoms with van der Waals surface area (Å²) in [5.41, 5.74) is 0. The van der Waals surface area contributed by atoms with Crippen LogP contribution in [0.3, 0.4) is 0 Å². The molecule has 1 saturated carbocycles. The first-order valence-electron chi connectivity index (χ1n) is 8.43. The molecule has 1 aliphatic carbocycles. The number of likely N-dealkylation sites (tertiary alicyclic amines) is 1. The van der Waals surface area contributed by atoms with Gasteiger partial charge in [-0.05, 0) is 49.5 Å². The van der Waals surface area contributed by atoms with Crippen LogP contribution < -0.4 is 5.32 Å². The molecule has 19 heavy (non-hydrogen) atoms. The van der Waals surface area contributed by atoms with Gasteiger partial charge < -0.3 is 5.32 Å². The molecule has 2 unspecified atom stereocenters. The molecule has 1 N–H and O–H groups in total. The van der Waals surface area contributed by atoms with E-state index in [-0.39, 0.29) is 0 Å². The molecule has 0 spiro atoms. The highest BCUT2D eigenvalue weighted by molar-refractivity contribution is 4.92. The third-order valence-electron chi connectivity index (χ3n) is 5.13. The average Bonchev–Trinajstić information content (AvgIpc) is 2.32. The molecule has 112 valence electrons. The van der Waals surface area contributed by atoms with E-state index >= 15 is 0 Å². The predicted molar refractivity (Wildman–Crippen MR) is 83.3 cm³/mol. The summed E-state index contributed by atoms with van der Waals surface area (Å²) in [7, 11) is 0. The van der Waals surface area contributed by atoms with Crippen molar-refractivity contribution < 1.29 is 0 Å². The minimum atomic E-state index is 0.722. The molecule has 2 aliphatic rings. The topological polar surface area (TPSA) is 15.3 Å². The Hall–Kier alpha value is -0.0800. The Morgan fingerprint density at radius 2 is 1.74 bits per heavy atom. The molecule has 0 radical (unpaired) electrons. The van der Waals surface area contributed by atoms with Crippen molar-refractivity contribution in [3.05, 3.63) is 0 Å². The Labute approximate surface area is 120 Å². The van der Waals surface area contributed by atoms with E-state index in [9.17, 15) is 0 Å². The summed E-state index contributed by atoms with van der Waals surface area (Å²) in [6.45, 7) is 15.6. The normalized spacial score (nSPS) is 36.8. The van der Waals surface area contributed by atoms with Crippen LogP contribution >= 0.6 is 0 Å². The summed E-state index contributed by atoms with van der Waals surface area (Å²) < 4.78 is 0. The van der Waals surface area contributed by atoms with Gasteiger partial charge in [0.05, 0.1) is 0 Å². The van der Waals surface area contributed by atoms with Crippen LogP contribution in [-0.2, 0) is 0 Å². The lowest BCUT2D eigenvalue weighted by Gasteiger charge is -2.48. The fraction of sp³-hybridized carbons (Fsp3) is 1.00. The molecule has 2 heteroatoms. The summed E-state index contributed by atoms with van der Waals surface area (Å²) in [5, 5.41) is 3.81. The lowest BCUT2D eigenvalue weighted by atomic mass is 9.77. The Morgan fingerprint density at radius 1 is 1.05 bits per heavy atom. The minimum Gasteiger partial charge on any atom is -0.312 e. The van der Waals surface area contributed by atoms with Crippen LogP contribution in [0, 0.1) is 23.7 Å². The van der Waals surface area contributed by atoms with Crippen LogP contribution in [0.15, 0.2) is 0 Å². The summed E-state index contributed by atoms with van der Waals surface area (Å²) in [4.78, 5) is 2.80. The van der Waals surface area contributed by atoms with Gasteiger partial charge in [-0.1, -0.05) is 34.6 Å². The van der Waals surface area contributed by atoms with E-state index in [1.165, 1.54) is 38.9 Å². The zero-order chi connectivity index (χ0) is 14.0. The molecular weight excluding hydrogens is 232 g/mol. The van der Waals surface area contributed by atoms with Crippen LogP contribution in [0.1, 0.15) is 53.9 Å². The highest BCUT2D eigenvalue weighted by Gasteiger charge is 2.37. The molecule has 1 heterocycles. The molecule has 1 saturated heterocycles. The highest BCUT2D eigenvalue weighted by Crippen LogP contribution is 2.35. The van der Waals surface area contributed by atoms with Crippen molar-refractivity contribution in [1.82, 2.24) is 10.2 Å². The van der Waals surface area contributed by atoms with Crippen molar-refractivity contribution in [2.24, 2.45) is 23.7 Å². The minimum absolute atomic E-state index is 0.722. The lowest BCUT2D eigenvalue weighted by molar-refractivity contribution is 0.0229. The van der Waals surface area contributed by atoms with Crippen LogP contribution in [0.25, 0.3) is 0 Å². The van der Waals surface area contributed by atoms with E-state index in [2.05, 4.69) is 44.8 Å². The van der Waals surface area contributed by atoms with E-state index in [0.29, 0.717) is 0 Å². The smallest absolute Gasteiger partial charge is 0.0198 e. The average molecular weight is 266 g/mol. The highest BCUT2D eigenvalue weighted by atomic mass is 15.2. The van der Waals surface area contributed by atoms with Crippen molar-refractivity contribution in [3.8, 4) is 0 Å². The fourth-order valence-corrected chi connectivity index (χ4v) is 3.66. The fourth-order valence-electron chi connectivity index (χ4n) is 3.66. The van der Waals surface area contributed by atoms with Crippen molar-refractivity contribution >= 4 is 0 Å². The van der Waals surface area contributed by atoms with Crippen molar-refractivity contribution in [2.45, 2.75) is 66.0 Å². The third-order valence-corrected chi connectivity index (χ3v) is 5.13. The van der Waals surface area contributed by atoms with E-state index in [1.54, 1.807) is 0 Å². The van der Waals surface area contributed by atoms with Crippen molar-refractivity contribution in [2.75, 3.05) is 19.6 Å². The Kier molecular flexibility index (Phi) is 5.30. The SMILES string of the molecule is CC(C)CNC1CC(C(C)C)CN(C2CC(C)C2)C1. The first-order valence-corrected chi connectivity index (χ1v) is 8.43. The molecular formula is C17H34N2. The van der Waals surface area contributed by atoms with Gasteiger partial charge in [0.25, 0.3) is 0 Å². The molecule has 0 aromatic rings. The maximum atomic E-state index is 3.81. The maximum absolute atomic E-state index is 3.81. The zero-order valence-corrected chi connectivity index (χ0v) is 13.7. The number of hydrogen-bond donors (Lipinski definition) is 1. The Bertz CT molecular complexity index is 268. The Morgan fingerprint density at radius 3 is 2.26 bits per heavy atom. The second kappa shape index (κ2) is 6.58.